The predicted molar refractivity (Wildman–Crippen MR) is 95.8 cm³/mol. The van der Waals surface area contributed by atoms with Crippen LogP contribution in [0.1, 0.15) is 0 Å². The third-order valence-corrected chi connectivity index (χ3v) is 3.64. The largest absolute Gasteiger partial charge is 0.457 e. The highest BCUT2D eigenvalue weighted by atomic mass is 16.5. The summed E-state index contributed by atoms with van der Waals surface area (Å²) < 4.78 is 5.80. The Morgan fingerprint density at radius 1 is 0.667 bits per heavy atom. The molecular weight excluding hydrogens is 298 g/mol. The zero-order valence-corrected chi connectivity index (χ0v) is 12.9. The number of para-hydroxylation sites is 2. The van der Waals surface area contributed by atoms with Crippen LogP contribution in [0.25, 0.3) is 10.9 Å². The first-order valence-corrected chi connectivity index (χ1v) is 7.68. The molecule has 3 aromatic carbocycles. The van der Waals surface area contributed by atoms with E-state index in [1.807, 2.05) is 78.9 Å². The van der Waals surface area contributed by atoms with Gasteiger partial charge >= 0.3 is 0 Å². The molecule has 0 saturated carbocycles. The van der Waals surface area contributed by atoms with Crippen LogP contribution < -0.4 is 10.1 Å². The first-order valence-electron chi connectivity index (χ1n) is 7.68. The van der Waals surface area contributed by atoms with Gasteiger partial charge in [-0.15, -0.1) is 0 Å². The van der Waals surface area contributed by atoms with Gasteiger partial charge in [-0.3, -0.25) is 0 Å². The molecule has 4 nitrogen and oxygen atoms in total. The molecule has 0 bridgehead atoms. The number of aromatic nitrogens is 2. The summed E-state index contributed by atoms with van der Waals surface area (Å²) in [5, 5.41) is 4.32. The summed E-state index contributed by atoms with van der Waals surface area (Å²) in [6, 6.07) is 25.4. The van der Waals surface area contributed by atoms with Crippen LogP contribution in [0.2, 0.25) is 0 Å². The Morgan fingerprint density at radius 2 is 1.38 bits per heavy atom. The summed E-state index contributed by atoms with van der Waals surface area (Å²) in [5.74, 6) is 2.40. The molecule has 0 radical (unpaired) electrons. The molecule has 116 valence electrons. The van der Waals surface area contributed by atoms with E-state index in [9.17, 15) is 0 Å². The highest BCUT2D eigenvalue weighted by Crippen LogP contribution is 2.26. The third-order valence-electron chi connectivity index (χ3n) is 3.64. The molecule has 0 aliphatic carbocycles. The van der Waals surface area contributed by atoms with Crippen molar-refractivity contribution >= 4 is 22.4 Å². The molecule has 0 spiro atoms. The van der Waals surface area contributed by atoms with Crippen LogP contribution in [0.5, 0.6) is 11.5 Å². The molecule has 0 fully saturated rings. The fourth-order valence-electron chi connectivity index (χ4n) is 2.47. The normalized spacial score (nSPS) is 10.5. The maximum absolute atomic E-state index is 5.80. The molecule has 0 aliphatic heterocycles. The SMILES string of the molecule is c1ccc(Oc2ccc(Nc3ncnc4ccccc34)cc2)cc1. The van der Waals surface area contributed by atoms with Crippen molar-refractivity contribution in [3.05, 3.63) is 85.2 Å². The molecule has 4 aromatic rings. The van der Waals surface area contributed by atoms with E-state index in [2.05, 4.69) is 15.3 Å². The molecular formula is C20H15N3O. The second-order valence-electron chi connectivity index (χ2n) is 5.30. The van der Waals surface area contributed by atoms with E-state index in [-0.39, 0.29) is 0 Å². The third kappa shape index (κ3) is 3.03. The molecule has 1 N–H and O–H groups in total. The first kappa shape index (κ1) is 14.2. The average molecular weight is 313 g/mol. The predicted octanol–water partition coefficient (Wildman–Crippen LogP) is 5.17. The second kappa shape index (κ2) is 6.38. The van der Waals surface area contributed by atoms with Gasteiger partial charge in [0.2, 0.25) is 0 Å². The van der Waals surface area contributed by atoms with E-state index < -0.39 is 0 Å². The van der Waals surface area contributed by atoms with Crippen molar-refractivity contribution in [2.45, 2.75) is 0 Å². The highest BCUT2D eigenvalue weighted by molar-refractivity contribution is 5.90. The zero-order chi connectivity index (χ0) is 16.2. The second-order valence-corrected chi connectivity index (χ2v) is 5.30. The number of nitrogens with zero attached hydrogens (tertiary/aromatic N) is 2. The Morgan fingerprint density at radius 3 is 2.21 bits per heavy atom. The standard InChI is InChI=1S/C20H15N3O/c1-2-6-16(7-3-1)24-17-12-10-15(11-13-17)23-20-18-8-4-5-9-19(18)21-14-22-20/h1-14H,(H,21,22,23). The maximum Gasteiger partial charge on any atom is 0.141 e. The van der Waals surface area contributed by atoms with E-state index in [1.54, 1.807) is 6.33 Å². The van der Waals surface area contributed by atoms with Gasteiger partial charge in [-0.2, -0.15) is 0 Å². The van der Waals surface area contributed by atoms with Gasteiger partial charge in [0, 0.05) is 11.1 Å². The van der Waals surface area contributed by atoms with Crippen LogP contribution in [-0.2, 0) is 0 Å². The summed E-state index contributed by atoms with van der Waals surface area (Å²) in [6.07, 6.45) is 1.57. The number of hydrogen-bond donors (Lipinski definition) is 1. The molecule has 0 aliphatic rings. The van der Waals surface area contributed by atoms with Crippen LogP contribution in [0.3, 0.4) is 0 Å². The number of ether oxygens (including phenoxy) is 1. The lowest BCUT2D eigenvalue weighted by Crippen LogP contribution is -1.95. The van der Waals surface area contributed by atoms with Crippen LogP contribution in [0.15, 0.2) is 85.2 Å². The van der Waals surface area contributed by atoms with Gasteiger partial charge in [0.25, 0.3) is 0 Å². The minimum absolute atomic E-state index is 0.789. The lowest BCUT2D eigenvalue weighted by Gasteiger charge is -2.09. The van der Waals surface area contributed by atoms with Crippen LogP contribution in [0, 0.1) is 0 Å². The van der Waals surface area contributed by atoms with E-state index >= 15 is 0 Å². The molecule has 0 unspecified atom stereocenters. The Kier molecular flexibility index (Phi) is 3.78. The van der Waals surface area contributed by atoms with Gasteiger partial charge in [-0.1, -0.05) is 30.3 Å². The van der Waals surface area contributed by atoms with Crippen LogP contribution in [0.4, 0.5) is 11.5 Å². The fourth-order valence-corrected chi connectivity index (χ4v) is 2.47. The number of nitrogens with one attached hydrogen (secondary N) is 1. The van der Waals surface area contributed by atoms with Gasteiger partial charge in [0.1, 0.15) is 23.6 Å². The lowest BCUT2D eigenvalue weighted by molar-refractivity contribution is 0.483. The van der Waals surface area contributed by atoms with Crippen molar-refractivity contribution in [3.8, 4) is 11.5 Å². The van der Waals surface area contributed by atoms with Gasteiger partial charge < -0.3 is 10.1 Å². The lowest BCUT2D eigenvalue weighted by atomic mass is 10.2. The fraction of sp³-hybridized carbons (Fsp3) is 0. The molecule has 1 heterocycles. The summed E-state index contributed by atoms with van der Waals surface area (Å²) in [7, 11) is 0. The number of fused-ring (bicyclic) bond motifs is 1. The Labute approximate surface area is 139 Å². The monoisotopic (exact) mass is 313 g/mol. The van der Waals surface area contributed by atoms with Crippen molar-refractivity contribution in [1.82, 2.24) is 9.97 Å². The summed E-state index contributed by atoms with van der Waals surface area (Å²) >= 11 is 0. The molecule has 0 atom stereocenters. The van der Waals surface area contributed by atoms with Gasteiger partial charge in [-0.05, 0) is 48.5 Å². The number of benzene rings is 3. The number of hydrogen-bond acceptors (Lipinski definition) is 4. The van der Waals surface area contributed by atoms with E-state index in [4.69, 9.17) is 4.74 Å². The van der Waals surface area contributed by atoms with E-state index in [1.165, 1.54) is 0 Å². The van der Waals surface area contributed by atoms with Crippen molar-refractivity contribution < 1.29 is 4.74 Å². The number of rotatable bonds is 4. The van der Waals surface area contributed by atoms with Crippen LogP contribution >= 0.6 is 0 Å². The molecule has 4 heteroatoms. The Bertz CT molecular complexity index is 948. The Hall–Kier alpha value is -3.40. The van der Waals surface area contributed by atoms with E-state index in [0.717, 1.165) is 33.9 Å². The molecule has 4 rings (SSSR count). The zero-order valence-electron chi connectivity index (χ0n) is 12.9. The van der Waals surface area contributed by atoms with Gasteiger partial charge in [0.05, 0.1) is 5.52 Å². The van der Waals surface area contributed by atoms with E-state index in [0.29, 0.717) is 0 Å². The maximum atomic E-state index is 5.80. The topological polar surface area (TPSA) is 47.0 Å². The van der Waals surface area contributed by atoms with Gasteiger partial charge in [-0.25, -0.2) is 9.97 Å². The van der Waals surface area contributed by atoms with Gasteiger partial charge in [0.15, 0.2) is 0 Å². The minimum Gasteiger partial charge on any atom is -0.457 e. The summed E-state index contributed by atoms with van der Waals surface area (Å²) in [6.45, 7) is 0. The molecule has 24 heavy (non-hydrogen) atoms. The summed E-state index contributed by atoms with van der Waals surface area (Å²) in [5.41, 5.74) is 1.86. The highest BCUT2D eigenvalue weighted by Gasteiger charge is 2.04. The van der Waals surface area contributed by atoms with Crippen molar-refractivity contribution in [2.75, 3.05) is 5.32 Å². The van der Waals surface area contributed by atoms with Crippen molar-refractivity contribution in [2.24, 2.45) is 0 Å². The summed E-state index contributed by atoms with van der Waals surface area (Å²) in [4.78, 5) is 8.61. The molecule has 0 amide bonds. The number of anilines is 2. The molecule has 0 saturated heterocycles. The smallest absolute Gasteiger partial charge is 0.141 e. The minimum atomic E-state index is 0.789. The quantitative estimate of drug-likeness (QED) is 0.565. The van der Waals surface area contributed by atoms with Crippen molar-refractivity contribution in [3.63, 3.8) is 0 Å². The van der Waals surface area contributed by atoms with Crippen LogP contribution in [-0.4, -0.2) is 9.97 Å². The Balaban J connectivity index is 1.55. The molecule has 1 aromatic heterocycles. The average Bonchev–Trinajstić information content (AvgIpc) is 2.65. The first-order chi connectivity index (χ1) is 11.9. The van der Waals surface area contributed by atoms with Crippen molar-refractivity contribution in [1.29, 1.82) is 0 Å².